The first-order chi connectivity index (χ1) is 18.3. The van der Waals surface area contributed by atoms with Crippen molar-refractivity contribution in [2.45, 2.75) is 104 Å². The summed E-state index contributed by atoms with van der Waals surface area (Å²) in [7, 11) is 1.81. The molecule has 38 heavy (non-hydrogen) atoms. The first-order valence-electron chi connectivity index (χ1n) is 14.4. The highest BCUT2D eigenvalue weighted by atomic mass is 16.4. The van der Waals surface area contributed by atoms with E-state index in [4.69, 9.17) is 0 Å². The van der Waals surface area contributed by atoms with E-state index in [-0.39, 0.29) is 17.9 Å². The molecule has 7 nitrogen and oxygen atoms in total. The van der Waals surface area contributed by atoms with E-state index < -0.39 is 11.9 Å². The van der Waals surface area contributed by atoms with Gasteiger partial charge in [-0.3, -0.25) is 19.1 Å². The van der Waals surface area contributed by atoms with Crippen LogP contribution in [-0.4, -0.2) is 26.3 Å². The highest BCUT2D eigenvalue weighted by molar-refractivity contribution is 5.93. The van der Waals surface area contributed by atoms with E-state index >= 15 is 0 Å². The predicted octanol–water partition coefficient (Wildman–Crippen LogP) is 7.16. The molecule has 1 amide bonds. The van der Waals surface area contributed by atoms with Gasteiger partial charge in [-0.15, -0.1) is 0 Å². The monoisotopic (exact) mass is 525 g/mol. The molecule has 0 saturated carbocycles. The fraction of sp³-hybridized carbons (Fsp3) is 0.581. The summed E-state index contributed by atoms with van der Waals surface area (Å²) in [6.45, 7) is 4.11. The summed E-state index contributed by atoms with van der Waals surface area (Å²) in [6, 6.07) is 8.50. The van der Waals surface area contributed by atoms with Crippen LogP contribution in [0.1, 0.15) is 103 Å². The zero-order valence-corrected chi connectivity index (χ0v) is 23.6. The van der Waals surface area contributed by atoms with Gasteiger partial charge in [0.15, 0.2) is 0 Å². The van der Waals surface area contributed by atoms with Crippen molar-refractivity contribution >= 4 is 17.6 Å². The van der Waals surface area contributed by atoms with Crippen molar-refractivity contribution < 1.29 is 14.7 Å². The second-order valence-corrected chi connectivity index (χ2v) is 10.3. The van der Waals surface area contributed by atoms with Crippen molar-refractivity contribution in [3.05, 3.63) is 58.5 Å². The molecule has 0 saturated heterocycles. The number of carbonyl (C=O) groups excluding carboxylic acids is 1. The minimum absolute atomic E-state index is 0.0870. The Morgan fingerprint density at radius 1 is 0.921 bits per heavy atom. The van der Waals surface area contributed by atoms with Gasteiger partial charge in [-0.05, 0) is 50.5 Å². The van der Waals surface area contributed by atoms with Crippen LogP contribution < -0.4 is 10.9 Å². The van der Waals surface area contributed by atoms with Crippen LogP contribution in [-0.2, 0) is 16.6 Å². The minimum atomic E-state index is -0.965. The lowest BCUT2D eigenvalue weighted by Crippen LogP contribution is -2.22. The van der Waals surface area contributed by atoms with Crippen molar-refractivity contribution in [1.29, 1.82) is 0 Å². The molecule has 2 rings (SSSR count). The normalized spacial score (nSPS) is 12.2. The van der Waals surface area contributed by atoms with Crippen LogP contribution in [0.3, 0.4) is 0 Å². The molecule has 2 N–H and O–H groups in total. The van der Waals surface area contributed by atoms with Gasteiger partial charge in [0, 0.05) is 30.9 Å². The maximum absolute atomic E-state index is 12.5. The van der Waals surface area contributed by atoms with Gasteiger partial charge in [0.2, 0.25) is 5.91 Å². The maximum atomic E-state index is 12.5. The SMILES string of the molecule is CCCCCCCCCCCCC/C=C/C[C@H](CC(=O)Nc1ccc(-n2c(=O)cc(C)n2C)cc1)C(=O)O. The molecular weight excluding hydrogens is 478 g/mol. The Bertz CT molecular complexity index is 1070. The number of carbonyl (C=O) groups is 2. The molecule has 0 bridgehead atoms. The molecule has 0 radical (unpaired) electrons. The number of nitrogens with zero attached hydrogens (tertiary/aromatic N) is 2. The highest BCUT2D eigenvalue weighted by Crippen LogP contribution is 2.17. The summed E-state index contributed by atoms with van der Waals surface area (Å²) in [4.78, 5) is 36.3. The maximum Gasteiger partial charge on any atom is 0.307 e. The number of carboxylic acid groups (broad SMARTS) is 1. The van der Waals surface area contributed by atoms with E-state index in [1.165, 1.54) is 64.2 Å². The molecule has 210 valence electrons. The molecule has 1 aromatic heterocycles. The highest BCUT2D eigenvalue weighted by Gasteiger charge is 2.20. The summed E-state index contributed by atoms with van der Waals surface area (Å²) in [5, 5.41) is 12.3. The zero-order valence-electron chi connectivity index (χ0n) is 23.6. The Morgan fingerprint density at radius 2 is 1.50 bits per heavy atom. The molecular formula is C31H47N3O4. The van der Waals surface area contributed by atoms with Crippen LogP contribution >= 0.6 is 0 Å². The van der Waals surface area contributed by atoms with Gasteiger partial charge >= 0.3 is 5.97 Å². The molecule has 0 aliphatic carbocycles. The van der Waals surface area contributed by atoms with Crippen LogP contribution in [0.4, 0.5) is 5.69 Å². The summed E-state index contributed by atoms with van der Waals surface area (Å²) in [6.07, 6.45) is 19.5. The molecule has 1 aromatic carbocycles. The smallest absolute Gasteiger partial charge is 0.307 e. The molecule has 2 aromatic rings. The Kier molecular flexibility index (Phi) is 14.3. The number of amides is 1. The summed E-state index contributed by atoms with van der Waals surface area (Å²) >= 11 is 0. The lowest BCUT2D eigenvalue weighted by molar-refractivity contribution is -0.143. The van der Waals surface area contributed by atoms with Gasteiger partial charge in [-0.1, -0.05) is 83.3 Å². The van der Waals surface area contributed by atoms with Crippen LogP contribution in [0.2, 0.25) is 0 Å². The third-order valence-corrected chi connectivity index (χ3v) is 7.09. The number of nitrogens with one attached hydrogen (secondary N) is 1. The van der Waals surface area contributed by atoms with E-state index in [0.29, 0.717) is 17.8 Å². The summed E-state index contributed by atoms with van der Waals surface area (Å²) in [5.74, 6) is -2.06. The second kappa shape index (κ2) is 17.4. The number of aryl methyl sites for hydroxylation is 1. The van der Waals surface area contributed by atoms with Crippen molar-refractivity contribution in [2.24, 2.45) is 13.0 Å². The Morgan fingerprint density at radius 3 is 2.03 bits per heavy atom. The summed E-state index contributed by atoms with van der Waals surface area (Å²) < 4.78 is 3.31. The number of aromatic nitrogens is 2. The van der Waals surface area contributed by atoms with Gasteiger partial charge in [0.25, 0.3) is 5.56 Å². The number of anilines is 1. The van der Waals surface area contributed by atoms with E-state index in [2.05, 4.69) is 12.2 Å². The predicted molar refractivity (Wildman–Crippen MR) is 155 cm³/mol. The fourth-order valence-corrected chi connectivity index (χ4v) is 4.64. The van der Waals surface area contributed by atoms with Crippen LogP contribution in [0.15, 0.2) is 47.3 Å². The summed E-state index contributed by atoms with van der Waals surface area (Å²) in [5.41, 5.74) is 1.98. The van der Waals surface area contributed by atoms with Crippen molar-refractivity contribution in [1.82, 2.24) is 9.36 Å². The number of hydrogen-bond donors (Lipinski definition) is 2. The average molecular weight is 526 g/mol. The number of allylic oxidation sites excluding steroid dienone is 2. The van der Waals surface area contributed by atoms with Crippen molar-refractivity contribution in [2.75, 3.05) is 5.32 Å². The average Bonchev–Trinajstić information content (AvgIpc) is 3.14. The number of aliphatic carboxylic acids is 1. The number of rotatable bonds is 19. The largest absolute Gasteiger partial charge is 0.481 e. The van der Waals surface area contributed by atoms with Gasteiger partial charge in [-0.2, -0.15) is 0 Å². The quantitative estimate of drug-likeness (QED) is 0.150. The molecule has 1 heterocycles. The first kappa shape index (κ1) is 31.1. The van der Waals surface area contributed by atoms with Gasteiger partial charge < -0.3 is 10.4 Å². The molecule has 0 aliphatic heterocycles. The minimum Gasteiger partial charge on any atom is -0.481 e. The first-order valence-corrected chi connectivity index (χ1v) is 14.4. The van der Waals surface area contributed by atoms with Gasteiger partial charge in [-0.25, -0.2) is 4.68 Å². The van der Waals surface area contributed by atoms with Crippen LogP contribution in [0.5, 0.6) is 0 Å². The number of hydrogen-bond acceptors (Lipinski definition) is 3. The molecule has 0 fully saturated rings. The van der Waals surface area contributed by atoms with E-state index in [1.54, 1.807) is 39.7 Å². The second-order valence-electron chi connectivity index (χ2n) is 10.3. The van der Waals surface area contributed by atoms with Gasteiger partial charge in [0.1, 0.15) is 0 Å². The van der Waals surface area contributed by atoms with E-state index in [0.717, 1.165) is 18.5 Å². The molecule has 7 heteroatoms. The Labute approximate surface area is 227 Å². The standard InChI is InChI=1S/C31H47N3O4/c1-4-5-6-7-8-9-10-11-12-13-14-15-16-17-18-26(31(37)38)24-29(35)32-27-19-21-28(22-20-27)34-30(36)23-25(2)33(34)3/h16-17,19-23,26H,4-15,18,24H2,1-3H3,(H,32,35)(H,37,38)/b17-16+/t26-/m1/s1. The van der Waals surface area contributed by atoms with Gasteiger partial charge in [0.05, 0.1) is 11.6 Å². The Balaban J connectivity index is 1.66. The number of unbranched alkanes of at least 4 members (excludes halogenated alkanes) is 11. The third kappa shape index (κ3) is 11.1. The Hall–Kier alpha value is -3.09. The number of benzene rings is 1. The van der Waals surface area contributed by atoms with Crippen LogP contribution in [0, 0.1) is 12.8 Å². The third-order valence-electron chi connectivity index (χ3n) is 7.09. The lowest BCUT2D eigenvalue weighted by Gasteiger charge is -2.12. The molecule has 0 spiro atoms. The van der Waals surface area contributed by atoms with Crippen molar-refractivity contribution in [3.63, 3.8) is 0 Å². The lowest BCUT2D eigenvalue weighted by atomic mass is 10.00. The van der Waals surface area contributed by atoms with E-state index in [1.807, 2.05) is 26.1 Å². The molecule has 0 aliphatic rings. The topological polar surface area (TPSA) is 93.3 Å². The molecule has 1 atom stereocenters. The zero-order chi connectivity index (χ0) is 27.8. The molecule has 0 unspecified atom stereocenters. The number of carboxylic acids is 1. The van der Waals surface area contributed by atoms with Crippen LogP contribution in [0.25, 0.3) is 5.69 Å². The fourth-order valence-electron chi connectivity index (χ4n) is 4.64. The van der Waals surface area contributed by atoms with E-state index in [9.17, 15) is 19.5 Å². The van der Waals surface area contributed by atoms with Crippen molar-refractivity contribution in [3.8, 4) is 5.69 Å².